The fraction of sp³-hybridized carbons (Fsp3) is 0.250. The number of hydrogen-bond donors (Lipinski definition) is 3. The van der Waals surface area contributed by atoms with Gasteiger partial charge in [0, 0.05) is 12.5 Å². The van der Waals surface area contributed by atoms with Crippen molar-refractivity contribution in [2.75, 3.05) is 19.0 Å². The Bertz CT molecular complexity index is 583. The van der Waals surface area contributed by atoms with Crippen molar-refractivity contribution in [3.63, 3.8) is 0 Å². The maximum absolute atomic E-state index is 11.7. The molecule has 5 heteroatoms. The number of methoxy groups -OCH3 is 1. The number of fused-ring (bicyclic) bond motifs is 1. The largest absolute Gasteiger partial charge is 0.497 e. The van der Waals surface area contributed by atoms with Crippen LogP contribution in [0.4, 0.5) is 5.82 Å². The minimum Gasteiger partial charge on any atom is -0.497 e. The van der Waals surface area contributed by atoms with Gasteiger partial charge in [0.15, 0.2) is 0 Å². The standard InChI is InChI=1S/C12H13N3O2/c1-17-8-4-2-7(3-5-8)9-6-13-11-10(9)12(16)15-14-11/h2-5,9H,6H2,1H3,(H3,13,14,15,16). The second-order valence-corrected chi connectivity index (χ2v) is 4.07. The highest BCUT2D eigenvalue weighted by atomic mass is 16.5. The molecule has 0 saturated carbocycles. The van der Waals surface area contributed by atoms with E-state index in [1.54, 1.807) is 7.11 Å². The quantitative estimate of drug-likeness (QED) is 0.729. The molecular formula is C12H13N3O2. The molecule has 0 amide bonds. The van der Waals surface area contributed by atoms with Crippen LogP contribution < -0.4 is 15.6 Å². The predicted octanol–water partition coefficient (Wildman–Crippen LogP) is 1.27. The first-order chi connectivity index (χ1) is 8.29. The third-order valence-corrected chi connectivity index (χ3v) is 3.16. The molecule has 0 radical (unpaired) electrons. The summed E-state index contributed by atoms with van der Waals surface area (Å²) >= 11 is 0. The van der Waals surface area contributed by atoms with Crippen molar-refractivity contribution in [3.8, 4) is 5.75 Å². The lowest BCUT2D eigenvalue weighted by Gasteiger charge is -2.09. The molecule has 0 spiro atoms. The maximum Gasteiger partial charge on any atom is 0.269 e. The zero-order valence-electron chi connectivity index (χ0n) is 9.41. The minimum atomic E-state index is -0.0502. The van der Waals surface area contributed by atoms with Crippen molar-refractivity contribution in [2.24, 2.45) is 0 Å². The number of nitrogens with one attached hydrogen (secondary N) is 3. The smallest absolute Gasteiger partial charge is 0.269 e. The van der Waals surface area contributed by atoms with Gasteiger partial charge in [-0.1, -0.05) is 12.1 Å². The van der Waals surface area contributed by atoms with Crippen LogP contribution in [0.1, 0.15) is 17.0 Å². The Morgan fingerprint density at radius 2 is 2.00 bits per heavy atom. The highest BCUT2D eigenvalue weighted by Gasteiger charge is 2.28. The van der Waals surface area contributed by atoms with Gasteiger partial charge in [-0.3, -0.25) is 15.0 Å². The fourth-order valence-electron chi connectivity index (χ4n) is 2.27. The normalized spacial score (nSPS) is 17.6. The highest BCUT2D eigenvalue weighted by Crippen LogP contribution is 2.32. The number of benzene rings is 1. The third kappa shape index (κ3) is 1.51. The number of aromatic nitrogens is 2. The van der Waals surface area contributed by atoms with E-state index in [-0.39, 0.29) is 11.5 Å². The van der Waals surface area contributed by atoms with Crippen LogP contribution in [-0.4, -0.2) is 23.9 Å². The summed E-state index contributed by atoms with van der Waals surface area (Å²) < 4.78 is 5.12. The lowest BCUT2D eigenvalue weighted by molar-refractivity contribution is 0.414. The van der Waals surface area contributed by atoms with Crippen LogP contribution in [0.15, 0.2) is 29.1 Å². The Balaban J connectivity index is 2.00. The van der Waals surface area contributed by atoms with E-state index in [9.17, 15) is 4.79 Å². The van der Waals surface area contributed by atoms with Crippen LogP contribution in [0.2, 0.25) is 0 Å². The predicted molar refractivity (Wildman–Crippen MR) is 64.7 cm³/mol. The van der Waals surface area contributed by atoms with E-state index in [0.29, 0.717) is 0 Å². The molecule has 2 aromatic rings. The molecule has 0 saturated heterocycles. The van der Waals surface area contributed by atoms with E-state index in [2.05, 4.69) is 15.5 Å². The molecule has 1 aromatic carbocycles. The Labute approximate surface area is 97.8 Å². The second kappa shape index (κ2) is 3.69. The van der Waals surface area contributed by atoms with E-state index in [1.807, 2.05) is 24.3 Å². The van der Waals surface area contributed by atoms with E-state index in [1.165, 1.54) is 0 Å². The fourth-order valence-corrected chi connectivity index (χ4v) is 2.27. The zero-order valence-corrected chi connectivity index (χ0v) is 9.41. The summed E-state index contributed by atoms with van der Waals surface area (Å²) in [5, 5.41) is 8.61. The first-order valence-corrected chi connectivity index (χ1v) is 5.48. The topological polar surface area (TPSA) is 69.9 Å². The molecular weight excluding hydrogens is 218 g/mol. The molecule has 1 aliphatic heterocycles. The number of ether oxygens (including phenoxy) is 1. The molecule has 3 rings (SSSR count). The average Bonchev–Trinajstić information content (AvgIpc) is 2.93. The lowest BCUT2D eigenvalue weighted by Crippen LogP contribution is -2.13. The van der Waals surface area contributed by atoms with Gasteiger partial charge in [-0.25, -0.2) is 0 Å². The number of rotatable bonds is 2. The van der Waals surface area contributed by atoms with Gasteiger partial charge in [0.1, 0.15) is 11.6 Å². The van der Waals surface area contributed by atoms with Gasteiger partial charge in [0.2, 0.25) is 0 Å². The van der Waals surface area contributed by atoms with E-state index < -0.39 is 0 Å². The second-order valence-electron chi connectivity index (χ2n) is 4.07. The van der Waals surface area contributed by atoms with Gasteiger partial charge in [0.05, 0.1) is 12.7 Å². The monoisotopic (exact) mass is 231 g/mol. The van der Waals surface area contributed by atoms with Gasteiger partial charge in [0.25, 0.3) is 5.56 Å². The van der Waals surface area contributed by atoms with Gasteiger partial charge in [-0.2, -0.15) is 0 Å². The lowest BCUT2D eigenvalue weighted by atomic mass is 9.95. The Kier molecular flexibility index (Phi) is 2.18. The Morgan fingerprint density at radius 1 is 1.24 bits per heavy atom. The molecule has 1 aliphatic rings. The molecule has 1 atom stereocenters. The summed E-state index contributed by atoms with van der Waals surface area (Å²) in [6, 6.07) is 7.81. The summed E-state index contributed by atoms with van der Waals surface area (Å²) in [5.41, 5.74) is 1.85. The molecule has 0 fully saturated rings. The van der Waals surface area contributed by atoms with E-state index in [4.69, 9.17) is 4.74 Å². The minimum absolute atomic E-state index is 0.0502. The van der Waals surface area contributed by atoms with E-state index in [0.717, 1.165) is 29.2 Å². The van der Waals surface area contributed by atoms with Gasteiger partial charge < -0.3 is 10.1 Å². The SMILES string of the molecule is COc1ccc(C2CNc3[nH][nH]c(=O)c32)cc1. The number of hydrogen-bond acceptors (Lipinski definition) is 3. The summed E-state index contributed by atoms with van der Waals surface area (Å²) in [4.78, 5) is 11.7. The van der Waals surface area contributed by atoms with Crippen molar-refractivity contribution in [1.82, 2.24) is 10.2 Å². The molecule has 5 nitrogen and oxygen atoms in total. The number of H-pyrrole nitrogens is 2. The molecule has 1 aromatic heterocycles. The molecule has 17 heavy (non-hydrogen) atoms. The first-order valence-electron chi connectivity index (χ1n) is 5.48. The molecule has 0 bridgehead atoms. The summed E-state index contributed by atoms with van der Waals surface area (Å²) in [6.45, 7) is 0.747. The highest BCUT2D eigenvalue weighted by molar-refractivity contribution is 5.55. The molecule has 1 unspecified atom stereocenters. The van der Waals surface area contributed by atoms with Crippen molar-refractivity contribution in [1.29, 1.82) is 0 Å². The van der Waals surface area contributed by atoms with Crippen LogP contribution in [0.5, 0.6) is 5.75 Å². The Morgan fingerprint density at radius 3 is 2.71 bits per heavy atom. The van der Waals surface area contributed by atoms with Crippen LogP contribution in [0.3, 0.4) is 0 Å². The summed E-state index contributed by atoms with van der Waals surface area (Å²) in [6.07, 6.45) is 0. The van der Waals surface area contributed by atoms with E-state index >= 15 is 0 Å². The summed E-state index contributed by atoms with van der Waals surface area (Å²) in [7, 11) is 1.64. The zero-order chi connectivity index (χ0) is 11.8. The van der Waals surface area contributed by atoms with Gasteiger partial charge in [-0.15, -0.1) is 0 Å². The van der Waals surface area contributed by atoms with Crippen LogP contribution in [0, 0.1) is 0 Å². The molecule has 2 heterocycles. The third-order valence-electron chi connectivity index (χ3n) is 3.16. The maximum atomic E-state index is 11.7. The Hall–Kier alpha value is -2.17. The van der Waals surface area contributed by atoms with Crippen LogP contribution in [-0.2, 0) is 0 Å². The molecule has 88 valence electrons. The van der Waals surface area contributed by atoms with Crippen molar-refractivity contribution in [3.05, 3.63) is 45.7 Å². The van der Waals surface area contributed by atoms with Crippen molar-refractivity contribution < 1.29 is 4.74 Å². The van der Waals surface area contributed by atoms with Crippen molar-refractivity contribution >= 4 is 5.82 Å². The number of anilines is 1. The summed E-state index contributed by atoms with van der Waals surface area (Å²) in [5.74, 6) is 1.73. The average molecular weight is 231 g/mol. The van der Waals surface area contributed by atoms with Crippen LogP contribution >= 0.6 is 0 Å². The van der Waals surface area contributed by atoms with Gasteiger partial charge >= 0.3 is 0 Å². The molecule has 3 N–H and O–H groups in total. The first kappa shape index (κ1) is 10.0. The number of aromatic amines is 2. The molecule has 0 aliphatic carbocycles. The van der Waals surface area contributed by atoms with Crippen molar-refractivity contribution in [2.45, 2.75) is 5.92 Å². The van der Waals surface area contributed by atoms with Crippen LogP contribution in [0.25, 0.3) is 0 Å². The van der Waals surface area contributed by atoms with Gasteiger partial charge in [-0.05, 0) is 17.7 Å².